The minimum absolute atomic E-state index is 0.00227. The van der Waals surface area contributed by atoms with Crippen LogP contribution in [0, 0.1) is 11.3 Å². The van der Waals surface area contributed by atoms with Crippen molar-refractivity contribution >= 4 is 11.6 Å². The Morgan fingerprint density at radius 3 is 2.68 bits per heavy atom. The number of para-hydroxylation sites is 1. The first kappa shape index (κ1) is 15.2. The molecule has 1 aromatic carbocycles. The van der Waals surface area contributed by atoms with Crippen LogP contribution in [0.5, 0.6) is 0 Å². The van der Waals surface area contributed by atoms with Crippen LogP contribution in [0.15, 0.2) is 30.3 Å². The van der Waals surface area contributed by atoms with Crippen LogP contribution in [0.25, 0.3) is 0 Å². The number of carbonyl (C=O) groups excluding carboxylic acids is 1. The van der Waals surface area contributed by atoms with Gasteiger partial charge in [-0.2, -0.15) is 5.26 Å². The maximum absolute atomic E-state index is 12.1. The van der Waals surface area contributed by atoms with Gasteiger partial charge in [0, 0.05) is 18.8 Å². The lowest BCUT2D eigenvalue weighted by Crippen LogP contribution is -2.32. The molecule has 0 atom stereocenters. The topological polar surface area (TPSA) is 53.3 Å². The molecular weight excluding hydrogens is 240 g/mol. The summed E-state index contributed by atoms with van der Waals surface area (Å²) in [5.74, 6) is -0.00227. The largest absolute Gasteiger partial charge is 0.381 e. The van der Waals surface area contributed by atoms with Crippen LogP contribution in [0.1, 0.15) is 26.2 Å². The summed E-state index contributed by atoms with van der Waals surface area (Å²) in [6.45, 7) is 3.57. The van der Waals surface area contributed by atoms with Gasteiger partial charge in [0.15, 0.2) is 0 Å². The Bertz CT molecular complexity index is 412. The van der Waals surface area contributed by atoms with Gasteiger partial charge in [-0.25, -0.2) is 0 Å². The first-order valence-corrected chi connectivity index (χ1v) is 6.59. The highest BCUT2D eigenvalue weighted by Gasteiger charge is 2.14. The molecule has 0 fully saturated rings. The monoisotopic (exact) mass is 260 g/mol. The first-order valence-electron chi connectivity index (χ1n) is 6.59. The van der Waals surface area contributed by atoms with E-state index in [-0.39, 0.29) is 5.91 Å². The van der Waals surface area contributed by atoms with Crippen LogP contribution in [0.2, 0.25) is 0 Å². The van der Waals surface area contributed by atoms with Crippen LogP contribution in [-0.2, 0) is 9.53 Å². The third-order valence-electron chi connectivity index (χ3n) is 2.62. The van der Waals surface area contributed by atoms with Crippen molar-refractivity contribution in [2.45, 2.75) is 26.2 Å². The molecule has 0 aromatic heterocycles. The number of carbonyl (C=O) groups is 1. The molecule has 0 radical (unpaired) electrons. The summed E-state index contributed by atoms with van der Waals surface area (Å²) in [4.78, 5) is 13.8. The molecule has 0 aliphatic rings. The van der Waals surface area contributed by atoms with E-state index in [2.05, 4.69) is 6.07 Å². The van der Waals surface area contributed by atoms with Crippen molar-refractivity contribution in [2.24, 2.45) is 0 Å². The maximum Gasteiger partial charge on any atom is 0.229 e. The Morgan fingerprint density at radius 1 is 1.32 bits per heavy atom. The molecule has 102 valence electrons. The van der Waals surface area contributed by atoms with Gasteiger partial charge in [-0.3, -0.25) is 4.79 Å². The smallest absolute Gasteiger partial charge is 0.229 e. The van der Waals surface area contributed by atoms with E-state index in [0.717, 1.165) is 12.1 Å². The van der Waals surface area contributed by atoms with E-state index < -0.39 is 0 Å². The van der Waals surface area contributed by atoms with Crippen LogP contribution >= 0.6 is 0 Å². The predicted octanol–water partition coefficient (Wildman–Crippen LogP) is 2.75. The third kappa shape index (κ3) is 5.54. The van der Waals surface area contributed by atoms with Crippen LogP contribution in [0.3, 0.4) is 0 Å². The summed E-state index contributed by atoms with van der Waals surface area (Å²) in [5, 5.41) is 8.68. The number of nitrogens with zero attached hydrogens (tertiary/aromatic N) is 2. The molecule has 0 aliphatic heterocycles. The Morgan fingerprint density at radius 2 is 2.05 bits per heavy atom. The minimum atomic E-state index is -0.00227. The molecule has 0 aliphatic carbocycles. The number of anilines is 1. The molecule has 1 aromatic rings. The predicted molar refractivity (Wildman–Crippen MR) is 74.8 cm³/mol. The summed E-state index contributed by atoms with van der Waals surface area (Å²) in [6, 6.07) is 11.5. The number of ether oxygens (including phenoxy) is 1. The van der Waals surface area contributed by atoms with E-state index in [4.69, 9.17) is 10.00 Å². The number of rotatable bonds is 8. The number of hydrogen-bond acceptors (Lipinski definition) is 3. The van der Waals surface area contributed by atoms with Crippen molar-refractivity contribution in [3.63, 3.8) is 0 Å². The molecule has 19 heavy (non-hydrogen) atoms. The summed E-state index contributed by atoms with van der Waals surface area (Å²) in [7, 11) is 0. The lowest BCUT2D eigenvalue weighted by Gasteiger charge is -2.21. The van der Waals surface area contributed by atoms with Crippen molar-refractivity contribution < 1.29 is 9.53 Å². The van der Waals surface area contributed by atoms with Crippen molar-refractivity contribution in [1.29, 1.82) is 5.26 Å². The van der Waals surface area contributed by atoms with Gasteiger partial charge in [0.2, 0.25) is 5.91 Å². The fourth-order valence-corrected chi connectivity index (χ4v) is 1.71. The minimum Gasteiger partial charge on any atom is -0.381 e. The number of hydrogen-bond donors (Lipinski definition) is 0. The lowest BCUT2D eigenvalue weighted by molar-refractivity contribution is -0.119. The highest BCUT2D eigenvalue weighted by molar-refractivity contribution is 5.93. The molecule has 4 nitrogen and oxygen atoms in total. The van der Waals surface area contributed by atoms with Gasteiger partial charge in [-0.1, -0.05) is 25.1 Å². The summed E-state index contributed by atoms with van der Waals surface area (Å²) < 4.78 is 5.33. The molecule has 0 spiro atoms. The Hall–Kier alpha value is -1.86. The fraction of sp³-hybridized carbons (Fsp3) is 0.467. The Kier molecular flexibility index (Phi) is 7.30. The van der Waals surface area contributed by atoms with Crippen LogP contribution in [0.4, 0.5) is 5.69 Å². The zero-order valence-corrected chi connectivity index (χ0v) is 11.3. The molecule has 1 rings (SSSR count). The normalized spacial score (nSPS) is 9.89. The van der Waals surface area contributed by atoms with Crippen LogP contribution in [-0.4, -0.2) is 25.7 Å². The second-order valence-electron chi connectivity index (χ2n) is 4.15. The summed E-state index contributed by atoms with van der Waals surface area (Å²) in [6.07, 6.45) is 1.63. The van der Waals surface area contributed by atoms with Gasteiger partial charge in [-0.15, -0.1) is 0 Å². The Balaban J connectivity index is 2.59. The molecule has 1 amide bonds. The zero-order chi connectivity index (χ0) is 13.9. The number of nitriles is 1. The van der Waals surface area contributed by atoms with Gasteiger partial charge in [0.1, 0.15) is 0 Å². The standard InChI is InChI=1S/C15H20N2O2/c1-2-12-19-13-9-15(18)17(11-6-10-16)14-7-4-3-5-8-14/h3-5,7-8H,2,6,9,11-13H2,1H3. The second-order valence-corrected chi connectivity index (χ2v) is 4.15. The van der Waals surface area contributed by atoms with E-state index in [9.17, 15) is 4.79 Å². The lowest BCUT2D eigenvalue weighted by atomic mass is 10.2. The SMILES string of the molecule is CCCOCCC(=O)N(CCC#N)c1ccccc1. The molecule has 4 heteroatoms. The molecule has 0 saturated carbocycles. The maximum atomic E-state index is 12.1. The van der Waals surface area contributed by atoms with Crippen molar-refractivity contribution in [1.82, 2.24) is 0 Å². The van der Waals surface area contributed by atoms with Crippen molar-refractivity contribution in [2.75, 3.05) is 24.7 Å². The molecule has 0 unspecified atom stereocenters. The quantitative estimate of drug-likeness (QED) is 0.675. The zero-order valence-electron chi connectivity index (χ0n) is 11.3. The molecule has 0 bridgehead atoms. The van der Waals surface area contributed by atoms with Gasteiger partial charge in [0.25, 0.3) is 0 Å². The van der Waals surface area contributed by atoms with E-state index in [1.54, 1.807) is 4.90 Å². The highest BCUT2D eigenvalue weighted by atomic mass is 16.5. The van der Waals surface area contributed by atoms with Crippen molar-refractivity contribution in [3.8, 4) is 6.07 Å². The second kappa shape index (κ2) is 9.12. The Labute approximate surface area is 114 Å². The van der Waals surface area contributed by atoms with Crippen molar-refractivity contribution in [3.05, 3.63) is 30.3 Å². The van der Waals surface area contributed by atoms with Gasteiger partial charge in [0.05, 0.1) is 25.5 Å². The average Bonchev–Trinajstić information content (AvgIpc) is 2.45. The third-order valence-corrected chi connectivity index (χ3v) is 2.62. The fourth-order valence-electron chi connectivity index (χ4n) is 1.71. The van der Waals surface area contributed by atoms with Crippen LogP contribution < -0.4 is 4.90 Å². The van der Waals surface area contributed by atoms with Gasteiger partial charge in [-0.05, 0) is 18.6 Å². The van der Waals surface area contributed by atoms with Gasteiger partial charge < -0.3 is 9.64 Å². The summed E-state index contributed by atoms with van der Waals surface area (Å²) >= 11 is 0. The van der Waals surface area contributed by atoms with Gasteiger partial charge >= 0.3 is 0 Å². The molecular formula is C15H20N2O2. The average molecular weight is 260 g/mol. The number of amides is 1. The van der Waals surface area contributed by atoms with E-state index in [1.165, 1.54) is 0 Å². The summed E-state index contributed by atoms with van der Waals surface area (Å²) in [5.41, 5.74) is 0.832. The number of benzene rings is 1. The molecule has 0 saturated heterocycles. The molecule has 0 N–H and O–H groups in total. The van der Waals surface area contributed by atoms with E-state index in [1.807, 2.05) is 37.3 Å². The van der Waals surface area contributed by atoms with E-state index in [0.29, 0.717) is 32.6 Å². The first-order chi connectivity index (χ1) is 9.29. The van der Waals surface area contributed by atoms with E-state index >= 15 is 0 Å². The molecule has 0 heterocycles. The highest BCUT2D eigenvalue weighted by Crippen LogP contribution is 2.14.